The van der Waals surface area contributed by atoms with E-state index < -0.39 is 16.0 Å². The molecule has 0 unspecified atom stereocenters. The summed E-state index contributed by atoms with van der Waals surface area (Å²) in [4.78, 5) is 11.2. The first kappa shape index (κ1) is 13.2. The van der Waals surface area contributed by atoms with Gasteiger partial charge in [0.25, 0.3) is 0 Å². The zero-order chi connectivity index (χ0) is 13.2. The number of hydrogen-bond acceptors (Lipinski definition) is 5. The molecule has 0 bridgehead atoms. The average molecular weight is 254 g/mol. The second-order valence-corrected chi connectivity index (χ2v) is 4.84. The molecule has 2 N–H and O–H groups in total. The van der Waals surface area contributed by atoms with E-state index in [1.807, 2.05) is 0 Å². The van der Waals surface area contributed by atoms with Crippen LogP contribution in [0.1, 0.15) is 21.5 Å². The van der Waals surface area contributed by atoms with Crippen molar-refractivity contribution in [3.8, 4) is 6.07 Å². The maximum absolute atomic E-state index is 11.4. The Labute approximate surface area is 98.7 Å². The Hall–Kier alpha value is -1.91. The summed E-state index contributed by atoms with van der Waals surface area (Å²) in [6.07, 6.45) is 0. The molecule has 1 aromatic carbocycles. The minimum Gasteiger partial charge on any atom is -0.465 e. The number of carbonyl (C=O) groups excluding carboxylic acids is 1. The molecule has 0 spiro atoms. The summed E-state index contributed by atoms with van der Waals surface area (Å²) in [5.74, 6) is -0.786. The van der Waals surface area contributed by atoms with Crippen LogP contribution in [0.4, 0.5) is 0 Å². The summed E-state index contributed by atoms with van der Waals surface area (Å²) in [5, 5.41) is 13.8. The van der Waals surface area contributed by atoms with Crippen molar-refractivity contribution in [3.63, 3.8) is 0 Å². The van der Waals surface area contributed by atoms with Crippen LogP contribution in [0.2, 0.25) is 0 Å². The molecule has 7 heteroatoms. The van der Waals surface area contributed by atoms with Gasteiger partial charge in [-0.3, -0.25) is 0 Å². The van der Waals surface area contributed by atoms with Crippen LogP contribution in [0.25, 0.3) is 0 Å². The Morgan fingerprint density at radius 3 is 2.47 bits per heavy atom. The van der Waals surface area contributed by atoms with E-state index in [2.05, 4.69) is 4.74 Å². The molecule has 0 atom stereocenters. The second-order valence-electron chi connectivity index (χ2n) is 3.31. The lowest BCUT2D eigenvalue weighted by molar-refractivity contribution is 0.0600. The Kier molecular flexibility index (Phi) is 3.50. The summed E-state index contributed by atoms with van der Waals surface area (Å²) < 4.78 is 27.0. The van der Waals surface area contributed by atoms with Gasteiger partial charge in [0, 0.05) is 0 Å². The lowest BCUT2D eigenvalue weighted by atomic mass is 10.1. The second kappa shape index (κ2) is 4.53. The molecule has 1 aromatic rings. The highest BCUT2D eigenvalue weighted by atomic mass is 32.2. The number of ether oxygens (including phenoxy) is 1. The van der Waals surface area contributed by atoms with Crippen molar-refractivity contribution < 1.29 is 17.9 Å². The van der Waals surface area contributed by atoms with Gasteiger partial charge in [0.2, 0.25) is 10.0 Å². The average Bonchev–Trinajstić information content (AvgIpc) is 2.25. The quantitative estimate of drug-likeness (QED) is 0.763. The maximum Gasteiger partial charge on any atom is 0.339 e. The predicted molar refractivity (Wildman–Crippen MR) is 58.6 cm³/mol. The van der Waals surface area contributed by atoms with Crippen LogP contribution in [0.5, 0.6) is 0 Å². The van der Waals surface area contributed by atoms with E-state index in [0.717, 1.165) is 13.2 Å². The van der Waals surface area contributed by atoms with Crippen LogP contribution in [0, 0.1) is 18.3 Å². The Morgan fingerprint density at radius 2 is 2.06 bits per heavy atom. The first-order valence-corrected chi connectivity index (χ1v) is 6.01. The fraction of sp³-hybridized carbons (Fsp3) is 0.200. The van der Waals surface area contributed by atoms with E-state index in [9.17, 15) is 13.2 Å². The van der Waals surface area contributed by atoms with Crippen LogP contribution >= 0.6 is 0 Å². The molecule has 6 nitrogen and oxygen atoms in total. The molecule has 0 heterocycles. The monoisotopic (exact) mass is 254 g/mol. The number of carbonyl (C=O) groups is 1. The summed E-state index contributed by atoms with van der Waals surface area (Å²) >= 11 is 0. The number of hydrogen-bond donors (Lipinski definition) is 1. The zero-order valence-corrected chi connectivity index (χ0v) is 10.0. The van der Waals surface area contributed by atoms with E-state index >= 15 is 0 Å². The molecule has 0 saturated carbocycles. The number of rotatable bonds is 2. The van der Waals surface area contributed by atoms with Crippen LogP contribution in [-0.2, 0) is 14.8 Å². The lowest BCUT2D eigenvalue weighted by Crippen LogP contribution is -2.16. The normalized spacial score (nSPS) is 10.7. The summed E-state index contributed by atoms with van der Waals surface area (Å²) in [5.41, 5.74) is 0.225. The highest BCUT2D eigenvalue weighted by Crippen LogP contribution is 2.20. The third-order valence-electron chi connectivity index (χ3n) is 2.15. The highest BCUT2D eigenvalue weighted by Gasteiger charge is 2.19. The molecule has 0 saturated heterocycles. The predicted octanol–water partition coefficient (Wildman–Crippen LogP) is 0.301. The number of nitriles is 1. The smallest absolute Gasteiger partial charge is 0.339 e. The van der Waals surface area contributed by atoms with Gasteiger partial charge in [-0.15, -0.1) is 0 Å². The fourth-order valence-corrected chi connectivity index (χ4v) is 2.16. The molecule has 17 heavy (non-hydrogen) atoms. The Morgan fingerprint density at radius 1 is 1.47 bits per heavy atom. The molecule has 0 aliphatic heterocycles. The number of esters is 1. The van der Waals surface area contributed by atoms with Gasteiger partial charge in [0.05, 0.1) is 23.1 Å². The molecule has 90 valence electrons. The van der Waals surface area contributed by atoms with Crippen molar-refractivity contribution in [3.05, 3.63) is 28.8 Å². The number of primary sulfonamides is 1. The van der Waals surface area contributed by atoms with Gasteiger partial charge in [-0.25, -0.2) is 18.4 Å². The van der Waals surface area contributed by atoms with Crippen LogP contribution in [0.3, 0.4) is 0 Å². The van der Waals surface area contributed by atoms with Gasteiger partial charge < -0.3 is 4.74 Å². The van der Waals surface area contributed by atoms with Gasteiger partial charge in [0.15, 0.2) is 0 Å². The van der Waals surface area contributed by atoms with E-state index in [1.165, 1.54) is 13.0 Å². The molecule has 1 rings (SSSR count). The zero-order valence-electron chi connectivity index (χ0n) is 9.22. The molecule has 0 fully saturated rings. The van der Waals surface area contributed by atoms with Crippen molar-refractivity contribution in [1.82, 2.24) is 0 Å². The van der Waals surface area contributed by atoms with Gasteiger partial charge in [-0.2, -0.15) is 5.26 Å². The third kappa shape index (κ3) is 2.61. The summed E-state index contributed by atoms with van der Waals surface area (Å²) in [7, 11) is -2.80. The molecule has 0 aliphatic rings. The molecule has 0 aromatic heterocycles. The summed E-state index contributed by atoms with van der Waals surface area (Å²) in [6.45, 7) is 1.49. The van der Waals surface area contributed by atoms with Crippen molar-refractivity contribution in [2.24, 2.45) is 5.14 Å². The minimum atomic E-state index is -3.94. The Bertz CT molecular complexity index is 614. The van der Waals surface area contributed by atoms with Crippen molar-refractivity contribution in [2.45, 2.75) is 11.8 Å². The SMILES string of the molecule is COC(=O)c1cc(S(N)(=O)=O)c(C)cc1C#N. The van der Waals surface area contributed by atoms with Crippen LogP contribution < -0.4 is 5.14 Å². The van der Waals surface area contributed by atoms with Gasteiger partial charge >= 0.3 is 5.97 Å². The van der Waals surface area contributed by atoms with Gasteiger partial charge in [-0.05, 0) is 24.6 Å². The number of nitrogens with zero attached hydrogens (tertiary/aromatic N) is 1. The number of nitrogens with two attached hydrogens (primary N) is 1. The van der Waals surface area contributed by atoms with E-state index in [-0.39, 0.29) is 16.0 Å². The number of sulfonamides is 1. The molecule has 0 radical (unpaired) electrons. The Balaban J connectivity index is 3.62. The van der Waals surface area contributed by atoms with Crippen molar-refractivity contribution >= 4 is 16.0 Å². The largest absolute Gasteiger partial charge is 0.465 e. The third-order valence-corrected chi connectivity index (χ3v) is 3.20. The van der Waals surface area contributed by atoms with E-state index in [0.29, 0.717) is 5.56 Å². The van der Waals surface area contributed by atoms with Crippen molar-refractivity contribution in [1.29, 1.82) is 5.26 Å². The molecular formula is C10H10N2O4S. The molecular weight excluding hydrogens is 244 g/mol. The van der Waals surface area contributed by atoms with Gasteiger partial charge in [-0.1, -0.05) is 0 Å². The molecule has 0 aliphatic carbocycles. The summed E-state index contributed by atoms with van der Waals surface area (Å²) in [6, 6.07) is 4.13. The topological polar surface area (TPSA) is 110 Å². The molecule has 0 amide bonds. The standard InChI is InChI=1S/C10H10N2O4S/c1-6-3-7(5-11)8(10(13)16-2)4-9(6)17(12,14)15/h3-4H,1-2H3,(H2,12,14,15). The number of benzene rings is 1. The van der Waals surface area contributed by atoms with Crippen LogP contribution in [0.15, 0.2) is 17.0 Å². The number of aryl methyl sites for hydroxylation is 1. The minimum absolute atomic E-state index is 0.0433. The lowest BCUT2D eigenvalue weighted by Gasteiger charge is -2.07. The van der Waals surface area contributed by atoms with Crippen molar-refractivity contribution in [2.75, 3.05) is 7.11 Å². The maximum atomic E-state index is 11.4. The van der Waals surface area contributed by atoms with Crippen LogP contribution in [-0.4, -0.2) is 21.5 Å². The fourth-order valence-electron chi connectivity index (χ4n) is 1.37. The van der Waals surface area contributed by atoms with E-state index in [4.69, 9.17) is 10.4 Å². The highest BCUT2D eigenvalue weighted by molar-refractivity contribution is 7.89. The van der Waals surface area contributed by atoms with E-state index in [1.54, 1.807) is 6.07 Å². The first-order valence-electron chi connectivity index (χ1n) is 4.47. The number of methoxy groups -OCH3 is 1. The van der Waals surface area contributed by atoms with Gasteiger partial charge in [0.1, 0.15) is 6.07 Å². The first-order chi connectivity index (χ1) is 7.81.